The first kappa shape index (κ1) is 22.7. The maximum Gasteiger partial charge on any atom is 0.394 e. The Morgan fingerprint density at radius 3 is 2.64 bits per heavy atom. The van der Waals surface area contributed by atoms with Gasteiger partial charge in [0, 0.05) is 37.4 Å². The van der Waals surface area contributed by atoms with Gasteiger partial charge in [0.15, 0.2) is 0 Å². The Bertz CT molecular complexity index is 825. The van der Waals surface area contributed by atoms with E-state index in [1.807, 2.05) is 13.0 Å². The van der Waals surface area contributed by atoms with Crippen LogP contribution in [0.4, 0.5) is 13.2 Å². The summed E-state index contributed by atoms with van der Waals surface area (Å²) < 4.78 is 43.4. The van der Waals surface area contributed by atoms with Gasteiger partial charge in [0.25, 0.3) is 0 Å². The van der Waals surface area contributed by atoms with Crippen molar-refractivity contribution in [1.29, 1.82) is 0 Å². The third kappa shape index (κ3) is 8.35. The number of hydrogen-bond acceptors (Lipinski definition) is 5. The highest BCUT2D eigenvalue weighted by atomic mass is 19.3. The predicted molar refractivity (Wildman–Crippen MR) is 102 cm³/mol. The Balaban J connectivity index is 0.000000480. The summed E-state index contributed by atoms with van der Waals surface area (Å²) in [5.41, 5.74) is 2.87. The number of nitrogens with one attached hydrogen (secondary N) is 1. The van der Waals surface area contributed by atoms with Crippen molar-refractivity contribution in [3.63, 3.8) is 0 Å². The van der Waals surface area contributed by atoms with Crippen LogP contribution in [0.15, 0.2) is 59.3 Å². The maximum atomic E-state index is 13.5. The zero-order valence-electron chi connectivity index (χ0n) is 15.3. The fourth-order valence-corrected chi connectivity index (χ4v) is 1.92. The Hall–Kier alpha value is -3.36. The molecule has 0 aromatic heterocycles. The highest BCUT2D eigenvalue weighted by Crippen LogP contribution is 2.26. The Kier molecular flexibility index (Phi) is 8.67. The smallest absolute Gasteiger partial charge is 0.394 e. The minimum Gasteiger partial charge on any atom is -0.477 e. The Morgan fingerprint density at radius 1 is 1.43 bits per heavy atom. The fraction of sp³-hybridized carbons (Fsp3) is 0.211. The first-order valence-electron chi connectivity index (χ1n) is 8.05. The highest BCUT2D eigenvalue weighted by molar-refractivity contribution is 6.36. The lowest BCUT2D eigenvalue weighted by Crippen LogP contribution is -2.22. The van der Waals surface area contributed by atoms with Gasteiger partial charge in [-0.1, -0.05) is 24.8 Å². The lowest BCUT2D eigenvalue weighted by molar-refractivity contribution is -0.159. The molecule has 2 N–H and O–H groups in total. The van der Waals surface area contributed by atoms with Crippen LogP contribution in [0.1, 0.15) is 25.8 Å². The molecule has 0 fully saturated rings. The molecular weight excluding hydrogens is 375 g/mol. The van der Waals surface area contributed by atoms with Crippen LogP contribution in [0.5, 0.6) is 5.75 Å². The molecule has 0 amide bonds. The van der Waals surface area contributed by atoms with Crippen molar-refractivity contribution in [2.45, 2.75) is 26.4 Å². The summed E-state index contributed by atoms with van der Waals surface area (Å²) in [6.45, 7) is 5.91. The molecule has 0 unspecified atom stereocenters. The number of aliphatic carboxylic acids is 1. The lowest BCUT2D eigenvalue weighted by Gasteiger charge is -2.16. The predicted octanol–water partition coefficient (Wildman–Crippen LogP) is 4.37. The second-order valence-electron chi connectivity index (χ2n) is 5.40. The number of allylic oxidation sites excluding steroid dienone is 3. The first-order chi connectivity index (χ1) is 13.2. The van der Waals surface area contributed by atoms with Gasteiger partial charge in [-0.25, -0.2) is 9.18 Å². The highest BCUT2D eigenvalue weighted by Gasteiger charge is 2.24. The SMILES string of the molecule is C=CC=N/C=C\C.CC(F)(F)Oc1cc(F)cc(C2=CCC(C(=O)O)=NN2)c1. The number of halogens is 3. The normalized spacial score (nSPS) is 13.9. The maximum absolute atomic E-state index is 13.5. The van der Waals surface area contributed by atoms with Gasteiger partial charge in [-0.05, 0) is 19.1 Å². The molecule has 1 aliphatic heterocycles. The standard InChI is InChI=1S/C13H11F3N2O3.C6H9N/c1-13(15,16)21-9-5-7(4-8(14)6-9)10-2-3-11(12(19)20)18-17-10;1-3-5-7-6-4-2/h2,4-6,17H,3H2,1H3,(H,19,20);3-6H,1H2,2H3/b;6-4-,7-5?. The van der Waals surface area contributed by atoms with Crippen molar-refractivity contribution in [3.05, 3.63) is 60.6 Å². The van der Waals surface area contributed by atoms with E-state index in [2.05, 4.69) is 26.8 Å². The zero-order valence-corrected chi connectivity index (χ0v) is 15.3. The van der Waals surface area contributed by atoms with E-state index in [-0.39, 0.29) is 23.4 Å². The number of alkyl halides is 2. The van der Waals surface area contributed by atoms with Gasteiger partial charge in [-0.3, -0.25) is 10.4 Å². The number of nitrogens with zero attached hydrogens (tertiary/aromatic N) is 2. The van der Waals surface area contributed by atoms with Crippen molar-refractivity contribution >= 4 is 23.6 Å². The molecule has 0 saturated carbocycles. The average Bonchev–Trinajstić information content (AvgIpc) is 2.61. The number of hydrogen-bond donors (Lipinski definition) is 2. The number of hydrazone groups is 1. The van der Waals surface area contributed by atoms with E-state index in [0.29, 0.717) is 12.6 Å². The number of rotatable bonds is 6. The van der Waals surface area contributed by atoms with E-state index in [1.54, 1.807) is 18.5 Å². The minimum absolute atomic E-state index is 0.0360. The monoisotopic (exact) mass is 395 g/mol. The van der Waals surface area contributed by atoms with Gasteiger partial charge in [0.1, 0.15) is 17.3 Å². The number of aliphatic imine (C=N–C) groups is 1. The number of carboxylic acids is 1. The van der Waals surface area contributed by atoms with Crippen LogP contribution in [0.2, 0.25) is 0 Å². The van der Waals surface area contributed by atoms with Crippen molar-refractivity contribution in [2.75, 3.05) is 0 Å². The molecule has 150 valence electrons. The number of carbonyl (C=O) groups is 1. The zero-order chi connectivity index (χ0) is 21.2. The van der Waals surface area contributed by atoms with Crippen molar-refractivity contribution in [1.82, 2.24) is 5.43 Å². The number of ether oxygens (including phenoxy) is 1. The van der Waals surface area contributed by atoms with E-state index in [9.17, 15) is 18.0 Å². The van der Waals surface area contributed by atoms with Crippen molar-refractivity contribution in [3.8, 4) is 5.75 Å². The van der Waals surface area contributed by atoms with E-state index in [4.69, 9.17) is 5.11 Å². The Labute approximate surface area is 160 Å². The molecule has 0 bridgehead atoms. The lowest BCUT2D eigenvalue weighted by atomic mass is 10.1. The van der Waals surface area contributed by atoms with Gasteiger partial charge < -0.3 is 9.84 Å². The number of benzene rings is 1. The van der Waals surface area contributed by atoms with Crippen LogP contribution in [0, 0.1) is 5.82 Å². The van der Waals surface area contributed by atoms with Gasteiger partial charge in [-0.15, -0.1) is 0 Å². The molecule has 0 radical (unpaired) electrons. The van der Waals surface area contributed by atoms with Crippen LogP contribution in [-0.4, -0.2) is 29.1 Å². The second kappa shape index (κ2) is 10.7. The van der Waals surface area contributed by atoms with Gasteiger partial charge in [-0.2, -0.15) is 13.9 Å². The molecule has 0 saturated heterocycles. The molecular formula is C19H20F3N3O3. The molecule has 1 aromatic rings. The molecule has 6 nitrogen and oxygen atoms in total. The van der Waals surface area contributed by atoms with E-state index in [0.717, 1.165) is 12.1 Å². The molecule has 1 heterocycles. The summed E-state index contributed by atoms with van der Waals surface area (Å²) in [6.07, 6.45) is 4.92. The third-order valence-corrected chi connectivity index (χ3v) is 2.96. The van der Waals surface area contributed by atoms with Gasteiger partial charge in [0.05, 0.1) is 5.70 Å². The molecule has 28 heavy (non-hydrogen) atoms. The molecule has 0 spiro atoms. The van der Waals surface area contributed by atoms with Gasteiger partial charge >= 0.3 is 12.1 Å². The van der Waals surface area contributed by atoms with E-state index in [1.165, 1.54) is 12.1 Å². The summed E-state index contributed by atoms with van der Waals surface area (Å²) in [5, 5.41) is 12.4. The first-order valence-corrected chi connectivity index (χ1v) is 8.05. The topological polar surface area (TPSA) is 83.3 Å². The van der Waals surface area contributed by atoms with Gasteiger partial charge in [0.2, 0.25) is 0 Å². The fourth-order valence-electron chi connectivity index (χ4n) is 1.92. The summed E-state index contributed by atoms with van der Waals surface area (Å²) in [6, 6.07) is 3.14. The molecule has 0 atom stereocenters. The number of carboxylic acid groups (broad SMARTS) is 1. The van der Waals surface area contributed by atoms with E-state index >= 15 is 0 Å². The van der Waals surface area contributed by atoms with Crippen LogP contribution in [0.25, 0.3) is 5.70 Å². The molecule has 9 heteroatoms. The van der Waals surface area contributed by atoms with Crippen LogP contribution in [-0.2, 0) is 4.79 Å². The van der Waals surface area contributed by atoms with Crippen molar-refractivity contribution < 1.29 is 27.8 Å². The van der Waals surface area contributed by atoms with E-state index < -0.39 is 17.9 Å². The quantitative estimate of drug-likeness (QED) is 0.701. The largest absolute Gasteiger partial charge is 0.477 e. The summed E-state index contributed by atoms with van der Waals surface area (Å²) >= 11 is 0. The summed E-state index contributed by atoms with van der Waals surface area (Å²) in [5.74, 6) is -2.28. The molecule has 0 aliphatic carbocycles. The van der Waals surface area contributed by atoms with Crippen LogP contribution in [0.3, 0.4) is 0 Å². The molecule has 2 rings (SSSR count). The second-order valence-corrected chi connectivity index (χ2v) is 5.40. The summed E-state index contributed by atoms with van der Waals surface area (Å²) in [7, 11) is 0. The molecule has 1 aromatic carbocycles. The van der Waals surface area contributed by atoms with Crippen LogP contribution < -0.4 is 10.2 Å². The van der Waals surface area contributed by atoms with Crippen LogP contribution >= 0.6 is 0 Å². The Morgan fingerprint density at radius 2 is 2.14 bits per heavy atom. The average molecular weight is 395 g/mol. The van der Waals surface area contributed by atoms with Crippen molar-refractivity contribution in [2.24, 2.45) is 10.1 Å². The summed E-state index contributed by atoms with van der Waals surface area (Å²) in [4.78, 5) is 14.5. The molecule has 1 aliphatic rings. The minimum atomic E-state index is -3.44. The third-order valence-electron chi connectivity index (χ3n) is 2.96.